The Morgan fingerprint density at radius 1 is 1.43 bits per heavy atom. The van der Waals surface area contributed by atoms with Gasteiger partial charge in [-0.2, -0.15) is 0 Å². The quantitative estimate of drug-likeness (QED) is 0.713. The van der Waals surface area contributed by atoms with Gasteiger partial charge >= 0.3 is 0 Å². The van der Waals surface area contributed by atoms with Gasteiger partial charge in [-0.25, -0.2) is 0 Å². The summed E-state index contributed by atoms with van der Waals surface area (Å²) < 4.78 is 0. The number of fused-ring (bicyclic) bond motifs is 1. The minimum absolute atomic E-state index is 0.0635. The van der Waals surface area contributed by atoms with E-state index < -0.39 is 6.10 Å². The summed E-state index contributed by atoms with van der Waals surface area (Å²) in [6.07, 6.45) is 0.0504. The van der Waals surface area contributed by atoms with Crippen molar-refractivity contribution in [1.29, 1.82) is 0 Å². The SMILES string of the molecule is OCCN1[C]C(O)Cc2ccccc21. The van der Waals surface area contributed by atoms with E-state index in [0.29, 0.717) is 13.0 Å². The largest absolute Gasteiger partial charge is 0.395 e. The molecule has 3 nitrogen and oxygen atoms in total. The fourth-order valence-electron chi connectivity index (χ4n) is 1.74. The number of para-hydroxylation sites is 1. The molecule has 0 aromatic heterocycles. The lowest BCUT2D eigenvalue weighted by Gasteiger charge is -2.32. The van der Waals surface area contributed by atoms with Crippen LogP contribution < -0.4 is 4.90 Å². The van der Waals surface area contributed by atoms with E-state index in [9.17, 15) is 5.11 Å². The van der Waals surface area contributed by atoms with E-state index >= 15 is 0 Å². The Morgan fingerprint density at radius 3 is 3.00 bits per heavy atom. The standard InChI is InChI=1S/C11H13NO2/c13-6-5-12-8-10(14)7-9-3-1-2-4-11(9)12/h1-4,10,13-14H,5-7H2. The topological polar surface area (TPSA) is 43.7 Å². The van der Waals surface area contributed by atoms with E-state index in [1.807, 2.05) is 24.3 Å². The highest BCUT2D eigenvalue weighted by atomic mass is 16.3. The molecule has 0 saturated heterocycles. The molecule has 0 fully saturated rings. The molecule has 3 heteroatoms. The van der Waals surface area contributed by atoms with Crippen LogP contribution in [0, 0.1) is 6.54 Å². The number of rotatable bonds is 2. The first kappa shape index (κ1) is 9.49. The van der Waals surface area contributed by atoms with Gasteiger partial charge in [0.1, 0.15) is 6.54 Å². The van der Waals surface area contributed by atoms with Gasteiger partial charge in [0.15, 0.2) is 0 Å². The summed E-state index contributed by atoms with van der Waals surface area (Å²) in [6, 6.07) is 7.87. The second-order valence-electron chi connectivity index (χ2n) is 3.35. The molecule has 2 rings (SSSR count). The number of nitrogens with zero attached hydrogens (tertiary/aromatic N) is 1. The summed E-state index contributed by atoms with van der Waals surface area (Å²) in [5.41, 5.74) is 2.14. The number of hydrogen-bond acceptors (Lipinski definition) is 3. The van der Waals surface area contributed by atoms with Crippen molar-refractivity contribution in [1.82, 2.24) is 0 Å². The molecule has 1 aromatic carbocycles. The van der Waals surface area contributed by atoms with Crippen LogP contribution in [0.5, 0.6) is 0 Å². The van der Waals surface area contributed by atoms with E-state index in [0.717, 1.165) is 11.3 Å². The lowest BCUT2D eigenvalue weighted by Crippen LogP contribution is -2.35. The molecule has 1 aliphatic rings. The first-order valence-electron chi connectivity index (χ1n) is 4.72. The molecule has 1 atom stereocenters. The number of anilines is 1. The first-order chi connectivity index (χ1) is 6.81. The molecule has 1 aromatic rings. The third kappa shape index (κ3) is 1.74. The van der Waals surface area contributed by atoms with Crippen LogP contribution in [0.1, 0.15) is 5.56 Å². The molecule has 0 spiro atoms. The molecular formula is C11H13NO2. The van der Waals surface area contributed by atoms with Crippen molar-refractivity contribution in [2.24, 2.45) is 0 Å². The summed E-state index contributed by atoms with van der Waals surface area (Å²) in [6.45, 7) is 3.45. The van der Waals surface area contributed by atoms with Crippen molar-refractivity contribution < 1.29 is 10.2 Å². The van der Waals surface area contributed by atoms with Crippen LogP contribution in [0.2, 0.25) is 0 Å². The van der Waals surface area contributed by atoms with Crippen LogP contribution >= 0.6 is 0 Å². The molecule has 2 radical (unpaired) electrons. The maximum Gasteiger partial charge on any atom is 0.123 e. The Bertz CT molecular complexity index is 314. The molecule has 74 valence electrons. The summed E-state index contributed by atoms with van der Waals surface area (Å²) in [4.78, 5) is 1.78. The number of β-amino-alcohol motifs (C(OH)–C–C–N with tert-alkyl or cyclic N) is 1. The Balaban J connectivity index is 2.28. The lowest BCUT2D eigenvalue weighted by molar-refractivity contribution is 0.197. The maximum absolute atomic E-state index is 9.52. The molecule has 0 bridgehead atoms. The Labute approximate surface area is 83.6 Å². The van der Waals surface area contributed by atoms with Crippen LogP contribution in [0.4, 0.5) is 5.69 Å². The minimum atomic E-state index is -0.559. The third-order valence-electron chi connectivity index (χ3n) is 2.32. The maximum atomic E-state index is 9.52. The molecule has 1 aliphatic heterocycles. The highest BCUT2D eigenvalue weighted by Gasteiger charge is 2.22. The van der Waals surface area contributed by atoms with Crippen molar-refractivity contribution in [3.8, 4) is 0 Å². The fraction of sp³-hybridized carbons (Fsp3) is 0.364. The molecule has 1 heterocycles. The van der Waals surface area contributed by atoms with Gasteiger partial charge in [0.05, 0.1) is 12.7 Å². The number of benzene rings is 1. The van der Waals surface area contributed by atoms with Crippen LogP contribution in [-0.4, -0.2) is 29.5 Å². The minimum Gasteiger partial charge on any atom is -0.395 e. The summed E-state index contributed by atoms with van der Waals surface area (Å²) >= 11 is 0. The van der Waals surface area contributed by atoms with Crippen molar-refractivity contribution in [3.05, 3.63) is 36.4 Å². The molecular weight excluding hydrogens is 178 g/mol. The summed E-state index contributed by atoms with van der Waals surface area (Å²) in [5.74, 6) is 0. The normalized spacial score (nSPS) is 20.7. The molecule has 2 N–H and O–H groups in total. The fourth-order valence-corrected chi connectivity index (χ4v) is 1.74. The van der Waals surface area contributed by atoms with Gasteiger partial charge in [0.2, 0.25) is 0 Å². The van der Waals surface area contributed by atoms with Gasteiger partial charge in [0, 0.05) is 18.7 Å². The third-order valence-corrected chi connectivity index (χ3v) is 2.32. The van der Waals surface area contributed by atoms with E-state index in [4.69, 9.17) is 5.11 Å². The highest BCUT2D eigenvalue weighted by molar-refractivity contribution is 5.57. The van der Waals surface area contributed by atoms with Crippen LogP contribution in [0.3, 0.4) is 0 Å². The number of hydrogen-bond donors (Lipinski definition) is 2. The van der Waals surface area contributed by atoms with Gasteiger partial charge in [-0.1, -0.05) is 18.2 Å². The van der Waals surface area contributed by atoms with Gasteiger partial charge < -0.3 is 15.1 Å². The predicted octanol–water partition coefficient (Wildman–Crippen LogP) is 0.441. The molecule has 0 saturated carbocycles. The monoisotopic (exact) mass is 191 g/mol. The van der Waals surface area contributed by atoms with E-state index in [1.165, 1.54) is 0 Å². The van der Waals surface area contributed by atoms with Crippen LogP contribution in [-0.2, 0) is 6.42 Å². The Hall–Kier alpha value is -1.06. The molecule has 0 aliphatic carbocycles. The van der Waals surface area contributed by atoms with Gasteiger partial charge in [-0.05, 0) is 11.6 Å². The van der Waals surface area contributed by atoms with Crippen molar-refractivity contribution in [2.75, 3.05) is 18.1 Å². The zero-order valence-corrected chi connectivity index (χ0v) is 7.85. The average Bonchev–Trinajstić information content (AvgIpc) is 2.18. The van der Waals surface area contributed by atoms with Gasteiger partial charge in [-0.3, -0.25) is 0 Å². The predicted molar refractivity (Wildman–Crippen MR) is 53.8 cm³/mol. The average molecular weight is 191 g/mol. The van der Waals surface area contributed by atoms with E-state index in [-0.39, 0.29) is 6.61 Å². The first-order valence-corrected chi connectivity index (χ1v) is 4.72. The Kier molecular flexibility index (Phi) is 2.70. The van der Waals surface area contributed by atoms with E-state index in [1.54, 1.807) is 4.90 Å². The molecule has 0 amide bonds. The van der Waals surface area contributed by atoms with Crippen molar-refractivity contribution in [3.63, 3.8) is 0 Å². The zero-order chi connectivity index (χ0) is 9.97. The highest BCUT2D eigenvalue weighted by Crippen LogP contribution is 2.28. The van der Waals surface area contributed by atoms with E-state index in [2.05, 4.69) is 6.54 Å². The summed E-state index contributed by atoms with van der Waals surface area (Å²) in [5, 5.41) is 18.4. The number of aliphatic hydroxyl groups is 2. The number of aliphatic hydroxyl groups excluding tert-OH is 2. The summed E-state index contributed by atoms with van der Waals surface area (Å²) in [7, 11) is 0. The second kappa shape index (κ2) is 3.98. The smallest absolute Gasteiger partial charge is 0.123 e. The van der Waals surface area contributed by atoms with Gasteiger partial charge in [-0.15, -0.1) is 0 Å². The van der Waals surface area contributed by atoms with Crippen molar-refractivity contribution >= 4 is 5.69 Å². The molecule has 14 heavy (non-hydrogen) atoms. The zero-order valence-electron chi connectivity index (χ0n) is 7.85. The Morgan fingerprint density at radius 2 is 2.21 bits per heavy atom. The van der Waals surface area contributed by atoms with Crippen LogP contribution in [0.15, 0.2) is 24.3 Å². The lowest BCUT2D eigenvalue weighted by atomic mass is 10.00. The second-order valence-corrected chi connectivity index (χ2v) is 3.35. The molecule has 1 unspecified atom stereocenters. The van der Waals surface area contributed by atoms with Crippen molar-refractivity contribution in [2.45, 2.75) is 12.5 Å². The van der Waals surface area contributed by atoms with Gasteiger partial charge in [0.25, 0.3) is 0 Å². The van der Waals surface area contributed by atoms with Crippen LogP contribution in [0.25, 0.3) is 0 Å².